The highest BCUT2D eigenvalue weighted by molar-refractivity contribution is 7.89. The predicted octanol–water partition coefficient (Wildman–Crippen LogP) is 2.16. The molecule has 1 aliphatic heterocycles. The lowest BCUT2D eigenvalue weighted by Gasteiger charge is -2.17. The molecule has 2 aromatic carbocycles. The highest BCUT2D eigenvalue weighted by Gasteiger charge is 2.32. The third-order valence-corrected chi connectivity index (χ3v) is 6.27. The molecule has 4 rings (SSSR count). The number of sulfonamides is 1. The molecule has 0 aliphatic carbocycles. The summed E-state index contributed by atoms with van der Waals surface area (Å²) < 4.78 is 28.1. The molecule has 1 amide bonds. The molecule has 1 atom stereocenters. The van der Waals surface area contributed by atoms with Crippen LogP contribution in [0.4, 0.5) is 0 Å². The van der Waals surface area contributed by atoms with Crippen molar-refractivity contribution in [3.8, 4) is 11.3 Å². The number of H-pyrrole nitrogens is 1. The van der Waals surface area contributed by atoms with Gasteiger partial charge in [0.1, 0.15) is 0 Å². The molecule has 1 fully saturated rings. The van der Waals surface area contributed by atoms with E-state index in [0.29, 0.717) is 13.1 Å². The van der Waals surface area contributed by atoms with Gasteiger partial charge >= 0.3 is 0 Å². The van der Waals surface area contributed by atoms with E-state index in [9.17, 15) is 13.2 Å². The number of carbonyl (C=O) groups is 1. The Morgan fingerprint density at radius 1 is 1.07 bits per heavy atom. The molecule has 7 nitrogen and oxygen atoms in total. The van der Waals surface area contributed by atoms with Crippen LogP contribution in [0.1, 0.15) is 12.0 Å². The fourth-order valence-electron chi connectivity index (χ4n) is 3.33. The highest BCUT2D eigenvalue weighted by atomic mass is 32.2. The molecule has 0 radical (unpaired) electrons. The van der Waals surface area contributed by atoms with Gasteiger partial charge in [0.05, 0.1) is 10.6 Å². The molecule has 0 spiro atoms. The Bertz CT molecular complexity index is 1050. The number of carbonyl (C=O) groups excluding carboxylic acids is 1. The molecule has 2 heterocycles. The van der Waals surface area contributed by atoms with E-state index in [2.05, 4.69) is 14.9 Å². The Labute approximate surface area is 163 Å². The minimum absolute atomic E-state index is 0.0499. The zero-order valence-corrected chi connectivity index (χ0v) is 15.9. The molecule has 1 saturated heterocycles. The van der Waals surface area contributed by atoms with Crippen LogP contribution in [0, 0.1) is 0 Å². The Hall–Kier alpha value is -2.97. The summed E-state index contributed by atoms with van der Waals surface area (Å²) in [6, 6.07) is 17.6. The Kier molecular flexibility index (Phi) is 4.97. The number of likely N-dealkylation sites (tertiary alicyclic amines) is 1. The number of amides is 1. The van der Waals surface area contributed by atoms with Gasteiger partial charge in [-0.1, -0.05) is 42.5 Å². The molecule has 1 aliphatic rings. The topological polar surface area (TPSA) is 95.2 Å². The van der Waals surface area contributed by atoms with Crippen LogP contribution >= 0.6 is 0 Å². The molecule has 8 heteroatoms. The average molecular weight is 396 g/mol. The van der Waals surface area contributed by atoms with Crippen LogP contribution in [0.5, 0.6) is 0 Å². The van der Waals surface area contributed by atoms with Crippen molar-refractivity contribution in [3.63, 3.8) is 0 Å². The van der Waals surface area contributed by atoms with Gasteiger partial charge in [-0.25, -0.2) is 13.1 Å². The molecular weight excluding hydrogens is 376 g/mol. The summed E-state index contributed by atoms with van der Waals surface area (Å²) in [7, 11) is -3.70. The lowest BCUT2D eigenvalue weighted by molar-refractivity contribution is -0.128. The van der Waals surface area contributed by atoms with E-state index >= 15 is 0 Å². The van der Waals surface area contributed by atoms with E-state index in [1.54, 1.807) is 35.4 Å². The van der Waals surface area contributed by atoms with Crippen LogP contribution in [0.25, 0.3) is 11.3 Å². The number of hydrogen-bond donors (Lipinski definition) is 2. The number of aromatic nitrogens is 2. The molecule has 28 heavy (non-hydrogen) atoms. The Balaban J connectivity index is 1.42. The molecule has 0 saturated carbocycles. The van der Waals surface area contributed by atoms with Crippen LogP contribution in [0.3, 0.4) is 0 Å². The van der Waals surface area contributed by atoms with Crippen LogP contribution in [0.15, 0.2) is 71.8 Å². The third-order valence-electron chi connectivity index (χ3n) is 4.73. The van der Waals surface area contributed by atoms with Crippen molar-refractivity contribution in [2.45, 2.75) is 23.9 Å². The van der Waals surface area contributed by atoms with Crippen molar-refractivity contribution in [1.82, 2.24) is 19.8 Å². The fourth-order valence-corrected chi connectivity index (χ4v) is 4.55. The van der Waals surface area contributed by atoms with Gasteiger partial charge < -0.3 is 4.90 Å². The average Bonchev–Trinajstić information content (AvgIpc) is 3.33. The van der Waals surface area contributed by atoms with Gasteiger partial charge in [0.15, 0.2) is 0 Å². The van der Waals surface area contributed by atoms with Crippen molar-refractivity contribution in [3.05, 3.63) is 72.4 Å². The molecule has 0 bridgehead atoms. The SMILES string of the molecule is O=C1CC(NS(=O)(=O)c2ccc(-c3ccn[nH]3)cc2)CN1Cc1ccccc1. The maximum absolute atomic E-state index is 12.7. The van der Waals surface area contributed by atoms with E-state index in [0.717, 1.165) is 16.8 Å². The van der Waals surface area contributed by atoms with Gasteiger partial charge in [0.2, 0.25) is 15.9 Å². The van der Waals surface area contributed by atoms with Crippen molar-refractivity contribution in [2.24, 2.45) is 0 Å². The first kappa shape index (κ1) is 18.4. The molecule has 1 aromatic heterocycles. The minimum Gasteiger partial charge on any atom is -0.337 e. The van der Waals surface area contributed by atoms with Gasteiger partial charge in [-0.15, -0.1) is 0 Å². The van der Waals surface area contributed by atoms with Crippen LogP contribution < -0.4 is 4.72 Å². The van der Waals surface area contributed by atoms with E-state index < -0.39 is 16.1 Å². The first-order chi connectivity index (χ1) is 13.5. The van der Waals surface area contributed by atoms with Gasteiger partial charge in [-0.05, 0) is 29.3 Å². The van der Waals surface area contributed by atoms with Crippen molar-refractivity contribution < 1.29 is 13.2 Å². The molecule has 2 N–H and O–H groups in total. The monoisotopic (exact) mass is 396 g/mol. The maximum atomic E-state index is 12.7. The Morgan fingerprint density at radius 3 is 2.50 bits per heavy atom. The molecule has 144 valence electrons. The first-order valence-corrected chi connectivity index (χ1v) is 10.4. The van der Waals surface area contributed by atoms with Crippen LogP contribution in [-0.2, 0) is 21.4 Å². The Morgan fingerprint density at radius 2 is 1.82 bits per heavy atom. The second kappa shape index (κ2) is 7.57. The number of hydrogen-bond acceptors (Lipinski definition) is 4. The zero-order valence-electron chi connectivity index (χ0n) is 15.1. The molecule has 1 unspecified atom stereocenters. The summed E-state index contributed by atoms with van der Waals surface area (Å²) in [5.41, 5.74) is 2.69. The van der Waals surface area contributed by atoms with E-state index in [1.165, 1.54) is 0 Å². The largest absolute Gasteiger partial charge is 0.337 e. The van der Waals surface area contributed by atoms with Crippen LogP contribution in [-0.4, -0.2) is 42.0 Å². The quantitative estimate of drug-likeness (QED) is 0.667. The van der Waals surface area contributed by atoms with Crippen molar-refractivity contribution in [2.75, 3.05) is 6.54 Å². The van der Waals surface area contributed by atoms with Crippen LogP contribution in [0.2, 0.25) is 0 Å². The summed E-state index contributed by atoms with van der Waals surface area (Å²) >= 11 is 0. The predicted molar refractivity (Wildman–Crippen MR) is 105 cm³/mol. The summed E-state index contributed by atoms with van der Waals surface area (Å²) in [6.45, 7) is 0.843. The lowest BCUT2D eigenvalue weighted by atomic mass is 10.2. The second-order valence-electron chi connectivity index (χ2n) is 6.78. The first-order valence-electron chi connectivity index (χ1n) is 8.95. The standard InChI is InChI=1S/C20H20N4O3S/c25-20-12-17(14-24(20)13-15-4-2-1-3-5-15)23-28(26,27)18-8-6-16(7-9-18)19-10-11-21-22-19/h1-11,17,23H,12-14H2,(H,21,22). The number of rotatable bonds is 6. The number of benzene rings is 2. The fraction of sp³-hybridized carbons (Fsp3) is 0.200. The van der Waals surface area contributed by atoms with Crippen molar-refractivity contribution in [1.29, 1.82) is 0 Å². The number of aromatic amines is 1. The third kappa shape index (κ3) is 3.97. The number of nitrogens with one attached hydrogen (secondary N) is 2. The van der Waals surface area contributed by atoms with E-state index in [1.807, 2.05) is 36.4 Å². The lowest BCUT2D eigenvalue weighted by Crippen LogP contribution is -2.37. The summed E-state index contributed by atoms with van der Waals surface area (Å²) in [6.07, 6.45) is 1.80. The highest BCUT2D eigenvalue weighted by Crippen LogP contribution is 2.21. The normalized spacial score (nSPS) is 17.2. The number of nitrogens with zero attached hydrogens (tertiary/aromatic N) is 2. The van der Waals surface area contributed by atoms with Gasteiger partial charge in [0.25, 0.3) is 0 Å². The summed E-state index contributed by atoms with van der Waals surface area (Å²) in [5.74, 6) is -0.0499. The summed E-state index contributed by atoms with van der Waals surface area (Å²) in [5, 5.41) is 6.73. The van der Waals surface area contributed by atoms with Gasteiger partial charge in [0, 0.05) is 31.7 Å². The molecular formula is C20H20N4O3S. The van der Waals surface area contributed by atoms with E-state index in [4.69, 9.17) is 0 Å². The second-order valence-corrected chi connectivity index (χ2v) is 8.49. The maximum Gasteiger partial charge on any atom is 0.240 e. The zero-order chi connectivity index (χ0) is 19.6. The summed E-state index contributed by atoms with van der Waals surface area (Å²) in [4.78, 5) is 14.1. The van der Waals surface area contributed by atoms with Crippen molar-refractivity contribution >= 4 is 15.9 Å². The van der Waals surface area contributed by atoms with Gasteiger partial charge in [-0.3, -0.25) is 9.89 Å². The smallest absolute Gasteiger partial charge is 0.240 e. The minimum atomic E-state index is -3.70. The van der Waals surface area contributed by atoms with Gasteiger partial charge in [-0.2, -0.15) is 5.10 Å². The molecule has 3 aromatic rings. The van der Waals surface area contributed by atoms with E-state index in [-0.39, 0.29) is 17.2 Å².